The number of aromatic nitrogens is 1. The van der Waals surface area contributed by atoms with Crippen LogP contribution in [0.15, 0.2) is 18.2 Å². The molecule has 16 heavy (non-hydrogen) atoms. The Bertz CT molecular complexity index is 493. The first-order valence-electron chi connectivity index (χ1n) is 5.39. The highest BCUT2D eigenvalue weighted by Gasteiger charge is 2.10. The fourth-order valence-electron chi connectivity index (χ4n) is 1.32. The van der Waals surface area contributed by atoms with E-state index in [0.29, 0.717) is 12.0 Å². The number of halogens is 1. The molecule has 0 aliphatic heterocycles. The molecule has 2 nitrogen and oxygen atoms in total. The molecule has 0 aliphatic rings. The Morgan fingerprint density at radius 1 is 1.31 bits per heavy atom. The number of rotatable bonds is 3. The summed E-state index contributed by atoms with van der Waals surface area (Å²) in [6.45, 7) is 6.56. The Labute approximate surface area is 105 Å². The fourth-order valence-corrected chi connectivity index (χ4v) is 2.43. The zero-order chi connectivity index (χ0) is 11.7. The van der Waals surface area contributed by atoms with Gasteiger partial charge in [0.1, 0.15) is 0 Å². The summed E-state index contributed by atoms with van der Waals surface area (Å²) in [6.07, 6.45) is 0. The predicted molar refractivity (Wildman–Crippen MR) is 72.6 cm³/mol. The lowest BCUT2D eigenvalue weighted by atomic mass is 10.1. The monoisotopic (exact) mass is 254 g/mol. The number of thiazole rings is 1. The molecule has 1 aromatic carbocycles. The van der Waals surface area contributed by atoms with E-state index in [1.54, 1.807) is 11.3 Å². The lowest BCUT2D eigenvalue weighted by molar-refractivity contribution is 0.560. The normalized spacial score (nSPS) is 13.3. The quantitative estimate of drug-likeness (QED) is 0.878. The maximum Gasteiger partial charge on any atom is 0.184 e. The number of hydrogen-bond acceptors (Lipinski definition) is 3. The summed E-state index contributed by atoms with van der Waals surface area (Å²) in [6, 6.07) is 6.24. The van der Waals surface area contributed by atoms with Gasteiger partial charge in [0.15, 0.2) is 5.13 Å². The minimum Gasteiger partial charge on any atom is -0.359 e. The van der Waals surface area contributed by atoms with Crippen LogP contribution in [0, 0.1) is 5.92 Å². The zero-order valence-electron chi connectivity index (χ0n) is 9.62. The van der Waals surface area contributed by atoms with E-state index in [-0.39, 0.29) is 0 Å². The summed E-state index contributed by atoms with van der Waals surface area (Å²) in [4.78, 5) is 4.52. The summed E-state index contributed by atoms with van der Waals surface area (Å²) in [5.41, 5.74) is 0.968. The first kappa shape index (κ1) is 11.7. The highest BCUT2D eigenvalue weighted by Crippen LogP contribution is 2.28. The second kappa shape index (κ2) is 4.60. The third kappa shape index (κ3) is 2.47. The smallest absolute Gasteiger partial charge is 0.184 e. The number of nitrogens with zero attached hydrogens (tertiary/aromatic N) is 1. The minimum absolute atomic E-state index is 0.427. The van der Waals surface area contributed by atoms with Crippen LogP contribution in [0.3, 0.4) is 0 Å². The molecule has 0 aliphatic carbocycles. The van der Waals surface area contributed by atoms with Gasteiger partial charge in [-0.15, -0.1) is 0 Å². The summed E-state index contributed by atoms with van der Waals surface area (Å²) in [7, 11) is 0. The third-order valence-corrected chi connectivity index (χ3v) is 3.90. The second-order valence-electron chi connectivity index (χ2n) is 4.31. The molecule has 4 heteroatoms. The number of benzene rings is 1. The van der Waals surface area contributed by atoms with Crippen LogP contribution in [0.5, 0.6) is 0 Å². The first-order valence-corrected chi connectivity index (χ1v) is 6.58. The van der Waals surface area contributed by atoms with E-state index in [0.717, 1.165) is 15.7 Å². The number of anilines is 1. The van der Waals surface area contributed by atoms with Crippen molar-refractivity contribution in [3.8, 4) is 0 Å². The molecule has 1 atom stereocenters. The first-order chi connectivity index (χ1) is 7.56. The minimum atomic E-state index is 0.427. The Hall–Kier alpha value is -0.800. The Morgan fingerprint density at radius 3 is 2.75 bits per heavy atom. The molecule has 2 rings (SSSR count). The standard InChI is InChI=1S/C12H15ClN2S/c1-7(2)8(3)14-12-15-10-6-9(13)4-5-11(10)16-12/h4-8H,1-3H3,(H,14,15). The van der Waals surface area contributed by atoms with E-state index < -0.39 is 0 Å². The van der Waals surface area contributed by atoms with Gasteiger partial charge in [-0.1, -0.05) is 36.8 Å². The molecule has 0 fully saturated rings. The molecule has 1 heterocycles. The summed E-state index contributed by atoms with van der Waals surface area (Å²) >= 11 is 7.60. The third-order valence-electron chi connectivity index (χ3n) is 2.70. The van der Waals surface area contributed by atoms with Crippen molar-refractivity contribution in [3.05, 3.63) is 23.2 Å². The molecule has 0 saturated carbocycles. The van der Waals surface area contributed by atoms with Gasteiger partial charge < -0.3 is 5.32 Å². The van der Waals surface area contributed by atoms with Gasteiger partial charge in [0.25, 0.3) is 0 Å². The van der Waals surface area contributed by atoms with Crippen LogP contribution in [0.2, 0.25) is 5.02 Å². The van der Waals surface area contributed by atoms with E-state index in [1.165, 1.54) is 4.70 Å². The largest absolute Gasteiger partial charge is 0.359 e. The van der Waals surface area contributed by atoms with Gasteiger partial charge in [-0.2, -0.15) is 0 Å². The topological polar surface area (TPSA) is 24.9 Å². The molecule has 1 N–H and O–H groups in total. The zero-order valence-corrected chi connectivity index (χ0v) is 11.2. The molecule has 0 amide bonds. The van der Waals surface area contributed by atoms with Gasteiger partial charge >= 0.3 is 0 Å². The molecular weight excluding hydrogens is 240 g/mol. The summed E-state index contributed by atoms with van der Waals surface area (Å²) < 4.78 is 1.17. The number of hydrogen-bond donors (Lipinski definition) is 1. The van der Waals surface area contributed by atoms with Crippen molar-refractivity contribution in [3.63, 3.8) is 0 Å². The van der Waals surface area contributed by atoms with Crippen molar-refractivity contribution in [2.75, 3.05) is 5.32 Å². The van der Waals surface area contributed by atoms with E-state index >= 15 is 0 Å². The van der Waals surface area contributed by atoms with Gasteiger partial charge in [0, 0.05) is 11.1 Å². The van der Waals surface area contributed by atoms with Crippen LogP contribution in [-0.4, -0.2) is 11.0 Å². The molecule has 86 valence electrons. The van der Waals surface area contributed by atoms with Crippen molar-refractivity contribution in [2.45, 2.75) is 26.8 Å². The van der Waals surface area contributed by atoms with Crippen molar-refractivity contribution >= 4 is 38.3 Å². The van der Waals surface area contributed by atoms with Crippen LogP contribution >= 0.6 is 22.9 Å². The molecule has 1 aromatic heterocycles. The SMILES string of the molecule is CC(C)C(C)Nc1nc2cc(Cl)ccc2s1. The van der Waals surface area contributed by atoms with Crippen LogP contribution in [-0.2, 0) is 0 Å². The molecule has 2 aromatic rings. The van der Waals surface area contributed by atoms with Crippen molar-refractivity contribution < 1.29 is 0 Å². The fraction of sp³-hybridized carbons (Fsp3) is 0.417. The van der Waals surface area contributed by atoms with Crippen molar-refractivity contribution in [1.29, 1.82) is 0 Å². The Balaban J connectivity index is 2.26. The highest BCUT2D eigenvalue weighted by atomic mass is 35.5. The number of nitrogens with one attached hydrogen (secondary N) is 1. The maximum absolute atomic E-state index is 5.93. The second-order valence-corrected chi connectivity index (χ2v) is 5.78. The molecular formula is C12H15ClN2S. The van der Waals surface area contributed by atoms with E-state index in [2.05, 4.69) is 31.1 Å². The van der Waals surface area contributed by atoms with Crippen molar-refractivity contribution in [1.82, 2.24) is 4.98 Å². The van der Waals surface area contributed by atoms with E-state index in [4.69, 9.17) is 11.6 Å². The molecule has 1 unspecified atom stereocenters. The van der Waals surface area contributed by atoms with Crippen LogP contribution in [0.25, 0.3) is 10.2 Å². The maximum atomic E-state index is 5.93. The van der Waals surface area contributed by atoms with Gasteiger partial charge in [0.2, 0.25) is 0 Å². The van der Waals surface area contributed by atoms with Crippen LogP contribution in [0.4, 0.5) is 5.13 Å². The molecule has 0 bridgehead atoms. The van der Waals surface area contributed by atoms with Gasteiger partial charge in [-0.05, 0) is 31.0 Å². The predicted octanol–water partition coefficient (Wildman–Crippen LogP) is 4.41. The van der Waals surface area contributed by atoms with E-state index in [9.17, 15) is 0 Å². The van der Waals surface area contributed by atoms with Gasteiger partial charge in [-0.3, -0.25) is 0 Å². The molecule has 0 radical (unpaired) electrons. The highest BCUT2D eigenvalue weighted by molar-refractivity contribution is 7.22. The summed E-state index contributed by atoms with van der Waals surface area (Å²) in [5.74, 6) is 0.593. The van der Waals surface area contributed by atoms with Crippen molar-refractivity contribution in [2.24, 2.45) is 5.92 Å². The van der Waals surface area contributed by atoms with Crippen LogP contribution < -0.4 is 5.32 Å². The van der Waals surface area contributed by atoms with Gasteiger partial charge in [0.05, 0.1) is 10.2 Å². The molecule has 0 spiro atoms. The number of fused-ring (bicyclic) bond motifs is 1. The lowest BCUT2D eigenvalue weighted by Gasteiger charge is -2.16. The lowest BCUT2D eigenvalue weighted by Crippen LogP contribution is -2.21. The Morgan fingerprint density at radius 2 is 2.06 bits per heavy atom. The average Bonchev–Trinajstić information content (AvgIpc) is 2.58. The average molecular weight is 255 g/mol. The summed E-state index contributed by atoms with van der Waals surface area (Å²) in [5, 5.41) is 5.12. The van der Waals surface area contributed by atoms with Crippen LogP contribution in [0.1, 0.15) is 20.8 Å². The van der Waals surface area contributed by atoms with Gasteiger partial charge in [-0.25, -0.2) is 4.98 Å². The molecule has 0 saturated heterocycles. The van der Waals surface area contributed by atoms with E-state index in [1.807, 2.05) is 18.2 Å². The Kier molecular flexibility index (Phi) is 3.36.